The molecule has 6 heteroatoms. The molecule has 1 rings (SSSR count). The molecule has 0 aliphatic rings. The third-order valence-electron chi connectivity index (χ3n) is 3.41. The summed E-state index contributed by atoms with van der Waals surface area (Å²) in [6, 6.07) is 7.21. The fourth-order valence-corrected chi connectivity index (χ4v) is 2.04. The van der Waals surface area contributed by atoms with Gasteiger partial charge in [-0.25, -0.2) is 0 Å². The van der Waals surface area contributed by atoms with Gasteiger partial charge in [0, 0.05) is 16.9 Å². The van der Waals surface area contributed by atoms with E-state index >= 15 is 0 Å². The molecule has 1 aromatic carbocycles. The first-order valence-electron chi connectivity index (χ1n) is 7.30. The summed E-state index contributed by atoms with van der Waals surface area (Å²) in [5.74, 6) is -0.818. The molecule has 0 saturated heterocycles. The maximum Gasteiger partial charge on any atom is 0.308 e. The predicted molar refractivity (Wildman–Crippen MR) is 87.9 cm³/mol. The van der Waals surface area contributed by atoms with Crippen molar-refractivity contribution < 1.29 is 19.4 Å². The third kappa shape index (κ3) is 6.93. The summed E-state index contributed by atoms with van der Waals surface area (Å²) in [4.78, 5) is 22.5. The molecule has 0 aliphatic carbocycles. The number of rotatable bonds is 9. The molecule has 2 unspecified atom stereocenters. The fraction of sp³-hybridized carbons (Fsp3) is 0.500. The van der Waals surface area contributed by atoms with E-state index in [9.17, 15) is 9.59 Å². The maximum atomic E-state index is 11.7. The zero-order valence-corrected chi connectivity index (χ0v) is 14.4. The highest BCUT2D eigenvalue weighted by Gasteiger charge is 2.20. The molecule has 0 bridgehead atoms. The molecule has 0 radical (unpaired) electrons. The quantitative estimate of drug-likeness (QED) is 0.653. The van der Waals surface area contributed by atoms with E-state index in [0.29, 0.717) is 19.4 Å². The smallest absolute Gasteiger partial charge is 0.308 e. The summed E-state index contributed by atoms with van der Waals surface area (Å²) >= 11 is 3.36. The van der Waals surface area contributed by atoms with Crippen molar-refractivity contribution in [2.24, 2.45) is 5.92 Å². The summed E-state index contributed by atoms with van der Waals surface area (Å²) in [6.07, 6.45) is 1.85. The summed E-state index contributed by atoms with van der Waals surface area (Å²) in [5.41, 5.74) is 0. The number of ether oxygens (including phenoxy) is 1. The van der Waals surface area contributed by atoms with Gasteiger partial charge in [-0.3, -0.25) is 9.59 Å². The van der Waals surface area contributed by atoms with E-state index in [0.717, 1.165) is 16.6 Å². The molecule has 0 saturated carbocycles. The van der Waals surface area contributed by atoms with Crippen molar-refractivity contribution in [3.05, 3.63) is 28.7 Å². The Labute approximate surface area is 139 Å². The van der Waals surface area contributed by atoms with Gasteiger partial charge in [-0.1, -0.05) is 15.9 Å². The van der Waals surface area contributed by atoms with E-state index in [-0.39, 0.29) is 11.9 Å². The standard InChI is InChI=1S/C16H22BrNO4/c1-11(16(20)21)12(2)18-15(19)5-3-4-10-22-14-8-6-13(17)7-9-14/h6-9,11-12H,3-5,10H2,1-2H3,(H,18,19)(H,20,21). The average molecular weight is 372 g/mol. The lowest BCUT2D eigenvalue weighted by atomic mass is 10.0. The highest BCUT2D eigenvalue weighted by atomic mass is 79.9. The lowest BCUT2D eigenvalue weighted by molar-refractivity contribution is -0.142. The Morgan fingerprint density at radius 3 is 2.45 bits per heavy atom. The van der Waals surface area contributed by atoms with Crippen LogP contribution in [-0.4, -0.2) is 29.6 Å². The molecule has 1 amide bonds. The van der Waals surface area contributed by atoms with Crippen molar-refractivity contribution in [3.63, 3.8) is 0 Å². The molecule has 0 fully saturated rings. The van der Waals surface area contributed by atoms with Crippen LogP contribution in [0.2, 0.25) is 0 Å². The van der Waals surface area contributed by atoms with Gasteiger partial charge in [0.25, 0.3) is 0 Å². The first-order valence-corrected chi connectivity index (χ1v) is 8.10. The zero-order chi connectivity index (χ0) is 16.5. The average Bonchev–Trinajstić information content (AvgIpc) is 2.47. The maximum absolute atomic E-state index is 11.7. The van der Waals surface area contributed by atoms with Crippen LogP contribution in [0.3, 0.4) is 0 Å². The lowest BCUT2D eigenvalue weighted by Crippen LogP contribution is -2.39. The Hall–Kier alpha value is -1.56. The number of carbonyl (C=O) groups excluding carboxylic acids is 1. The van der Waals surface area contributed by atoms with Crippen LogP contribution < -0.4 is 10.1 Å². The van der Waals surface area contributed by atoms with Crippen LogP contribution in [0.15, 0.2) is 28.7 Å². The fourth-order valence-electron chi connectivity index (χ4n) is 1.77. The lowest BCUT2D eigenvalue weighted by Gasteiger charge is -2.17. The van der Waals surface area contributed by atoms with Crippen molar-refractivity contribution in [3.8, 4) is 5.75 Å². The first kappa shape index (κ1) is 18.5. The highest BCUT2D eigenvalue weighted by Crippen LogP contribution is 2.16. The molecule has 0 aliphatic heterocycles. The van der Waals surface area contributed by atoms with E-state index in [1.165, 1.54) is 0 Å². The number of aliphatic carboxylic acids is 1. The predicted octanol–water partition coefficient (Wildman–Crippen LogP) is 3.22. The number of unbranched alkanes of at least 4 members (excludes halogenated alkanes) is 1. The third-order valence-corrected chi connectivity index (χ3v) is 3.94. The van der Waals surface area contributed by atoms with E-state index in [4.69, 9.17) is 9.84 Å². The Morgan fingerprint density at radius 2 is 1.86 bits per heavy atom. The van der Waals surface area contributed by atoms with Gasteiger partial charge in [0.2, 0.25) is 5.91 Å². The Balaban J connectivity index is 2.15. The second-order valence-corrected chi connectivity index (χ2v) is 6.16. The van der Waals surface area contributed by atoms with Crippen molar-refractivity contribution in [1.82, 2.24) is 5.32 Å². The Kier molecular flexibility index (Phi) is 7.95. The van der Waals surface area contributed by atoms with E-state index < -0.39 is 11.9 Å². The minimum atomic E-state index is -0.907. The van der Waals surface area contributed by atoms with E-state index in [1.807, 2.05) is 24.3 Å². The summed E-state index contributed by atoms with van der Waals surface area (Å²) in [5, 5.41) is 11.6. The second-order valence-electron chi connectivity index (χ2n) is 5.24. The van der Waals surface area contributed by atoms with Crippen LogP contribution >= 0.6 is 15.9 Å². The van der Waals surface area contributed by atoms with Crippen LogP contribution in [0.5, 0.6) is 5.75 Å². The minimum Gasteiger partial charge on any atom is -0.494 e. The SMILES string of the molecule is CC(NC(=O)CCCCOc1ccc(Br)cc1)C(C)C(=O)O. The number of carboxylic acid groups (broad SMARTS) is 1. The van der Waals surface area contributed by atoms with Crippen molar-refractivity contribution in [2.45, 2.75) is 39.2 Å². The molecule has 0 aromatic heterocycles. The summed E-state index contributed by atoms with van der Waals surface area (Å²) in [7, 11) is 0. The van der Waals surface area contributed by atoms with Gasteiger partial charge in [0.05, 0.1) is 12.5 Å². The number of halogens is 1. The summed E-state index contributed by atoms with van der Waals surface area (Å²) in [6.45, 7) is 3.84. The van der Waals surface area contributed by atoms with Gasteiger partial charge in [0.15, 0.2) is 0 Å². The number of amides is 1. The molecule has 0 heterocycles. The molecular weight excluding hydrogens is 350 g/mol. The Bertz CT molecular complexity index is 489. The molecule has 22 heavy (non-hydrogen) atoms. The number of hydrogen-bond donors (Lipinski definition) is 2. The summed E-state index contributed by atoms with van der Waals surface area (Å²) < 4.78 is 6.56. The first-order chi connectivity index (χ1) is 10.4. The van der Waals surface area contributed by atoms with Crippen molar-refractivity contribution in [2.75, 3.05) is 6.61 Å². The Morgan fingerprint density at radius 1 is 1.23 bits per heavy atom. The molecule has 0 spiro atoms. The van der Waals surface area contributed by atoms with Crippen molar-refractivity contribution in [1.29, 1.82) is 0 Å². The molecule has 122 valence electrons. The monoisotopic (exact) mass is 371 g/mol. The van der Waals surface area contributed by atoms with Crippen LogP contribution in [0.4, 0.5) is 0 Å². The van der Waals surface area contributed by atoms with Gasteiger partial charge >= 0.3 is 5.97 Å². The highest BCUT2D eigenvalue weighted by molar-refractivity contribution is 9.10. The van der Waals surface area contributed by atoms with Crippen LogP contribution in [0.25, 0.3) is 0 Å². The van der Waals surface area contributed by atoms with Gasteiger partial charge in [0.1, 0.15) is 5.75 Å². The van der Waals surface area contributed by atoms with Crippen LogP contribution in [0.1, 0.15) is 33.1 Å². The normalized spacial score (nSPS) is 13.2. The number of nitrogens with one attached hydrogen (secondary N) is 1. The number of carboxylic acids is 1. The minimum absolute atomic E-state index is 0.121. The molecular formula is C16H22BrNO4. The molecule has 2 N–H and O–H groups in total. The molecule has 5 nitrogen and oxygen atoms in total. The number of carbonyl (C=O) groups is 2. The number of hydrogen-bond acceptors (Lipinski definition) is 3. The van der Waals surface area contributed by atoms with Crippen LogP contribution in [0, 0.1) is 5.92 Å². The van der Waals surface area contributed by atoms with Crippen molar-refractivity contribution >= 4 is 27.8 Å². The molecule has 1 aromatic rings. The number of benzene rings is 1. The van der Waals surface area contributed by atoms with E-state index in [1.54, 1.807) is 13.8 Å². The van der Waals surface area contributed by atoms with Gasteiger partial charge in [-0.15, -0.1) is 0 Å². The second kappa shape index (κ2) is 9.46. The van der Waals surface area contributed by atoms with Gasteiger partial charge in [-0.2, -0.15) is 0 Å². The zero-order valence-electron chi connectivity index (χ0n) is 12.8. The van der Waals surface area contributed by atoms with Gasteiger partial charge in [-0.05, 0) is 51.0 Å². The molecule has 2 atom stereocenters. The topological polar surface area (TPSA) is 75.6 Å². The van der Waals surface area contributed by atoms with Gasteiger partial charge < -0.3 is 15.2 Å². The van der Waals surface area contributed by atoms with E-state index in [2.05, 4.69) is 21.2 Å². The largest absolute Gasteiger partial charge is 0.494 e. The van der Waals surface area contributed by atoms with Crippen LogP contribution in [-0.2, 0) is 9.59 Å².